The van der Waals surface area contributed by atoms with Crippen molar-refractivity contribution in [3.8, 4) is 17.2 Å². The van der Waals surface area contributed by atoms with E-state index in [1.165, 1.54) is 24.1 Å². The number of halogens is 2. The molecular formula is C28H25Cl2NO6. The zero-order valence-corrected chi connectivity index (χ0v) is 22.0. The molecule has 1 atom stereocenters. The molecule has 1 saturated heterocycles. The standard InChI is InChI=1S/C28H25Cl2NO6/c1-4-37-20-7-5-6-17(12-20)24-23(25(32)21-13-18(29)14-22(30)27(21)36-3)26(33)28(34)31(24)15-16-8-10-19(35-2)11-9-16/h5-14,24,32H,4,15H2,1-3H3/b25-23+. The number of nitrogens with zero attached hydrogens (tertiary/aromatic N) is 1. The molecule has 0 bridgehead atoms. The molecular weight excluding hydrogens is 517 g/mol. The van der Waals surface area contributed by atoms with Crippen molar-refractivity contribution in [1.29, 1.82) is 0 Å². The topological polar surface area (TPSA) is 85.3 Å². The minimum atomic E-state index is -0.912. The summed E-state index contributed by atoms with van der Waals surface area (Å²) in [6, 6.07) is 16.2. The van der Waals surface area contributed by atoms with Crippen LogP contribution in [0.5, 0.6) is 17.2 Å². The number of aliphatic hydroxyl groups is 1. The molecule has 0 aliphatic carbocycles. The number of ether oxygens (including phenoxy) is 3. The van der Waals surface area contributed by atoms with Crippen LogP contribution in [0.4, 0.5) is 0 Å². The predicted octanol–water partition coefficient (Wildman–Crippen LogP) is 6.03. The normalized spacial score (nSPS) is 16.7. The van der Waals surface area contributed by atoms with Gasteiger partial charge in [0.2, 0.25) is 0 Å². The van der Waals surface area contributed by atoms with E-state index in [9.17, 15) is 14.7 Å². The first kappa shape index (κ1) is 26.4. The zero-order chi connectivity index (χ0) is 26.7. The van der Waals surface area contributed by atoms with Crippen molar-refractivity contribution in [1.82, 2.24) is 4.90 Å². The number of carbonyl (C=O) groups is 2. The quantitative estimate of drug-likeness (QED) is 0.213. The number of carbonyl (C=O) groups excluding carboxylic acids is 2. The maximum absolute atomic E-state index is 13.4. The van der Waals surface area contributed by atoms with Crippen molar-refractivity contribution in [2.45, 2.75) is 19.5 Å². The fraction of sp³-hybridized carbons (Fsp3) is 0.214. The van der Waals surface area contributed by atoms with E-state index in [1.807, 2.05) is 19.1 Å². The number of Topliss-reactive ketones (excluding diaryl/α,β-unsaturated/α-hetero) is 1. The molecule has 1 heterocycles. The molecule has 1 aliphatic rings. The van der Waals surface area contributed by atoms with Crippen LogP contribution in [0.25, 0.3) is 5.76 Å². The third kappa shape index (κ3) is 5.24. The summed E-state index contributed by atoms with van der Waals surface area (Å²) < 4.78 is 16.3. The van der Waals surface area contributed by atoms with Gasteiger partial charge in [0.25, 0.3) is 11.7 Å². The second-order valence-electron chi connectivity index (χ2n) is 8.25. The first-order chi connectivity index (χ1) is 17.8. The number of aliphatic hydroxyl groups excluding tert-OH is 1. The highest BCUT2D eigenvalue weighted by Gasteiger charge is 2.46. The van der Waals surface area contributed by atoms with Crippen molar-refractivity contribution in [2.24, 2.45) is 0 Å². The van der Waals surface area contributed by atoms with Crippen LogP contribution in [-0.4, -0.2) is 42.5 Å². The molecule has 1 fully saturated rings. The van der Waals surface area contributed by atoms with Crippen LogP contribution in [0, 0.1) is 0 Å². The van der Waals surface area contributed by atoms with Crippen molar-refractivity contribution >= 4 is 40.7 Å². The summed E-state index contributed by atoms with van der Waals surface area (Å²) >= 11 is 12.5. The van der Waals surface area contributed by atoms with Gasteiger partial charge in [-0.05, 0) is 54.4 Å². The fourth-order valence-corrected chi connectivity index (χ4v) is 4.92. The summed E-state index contributed by atoms with van der Waals surface area (Å²) in [6.07, 6.45) is 0. The van der Waals surface area contributed by atoms with Gasteiger partial charge in [-0.15, -0.1) is 0 Å². The van der Waals surface area contributed by atoms with E-state index in [0.717, 1.165) is 5.56 Å². The summed E-state index contributed by atoms with van der Waals surface area (Å²) in [5, 5.41) is 11.8. The Kier molecular flexibility index (Phi) is 7.95. The van der Waals surface area contributed by atoms with E-state index in [1.54, 1.807) is 43.5 Å². The Bertz CT molecular complexity index is 1370. The Morgan fingerprint density at radius 2 is 1.70 bits per heavy atom. The van der Waals surface area contributed by atoms with Gasteiger partial charge < -0.3 is 24.2 Å². The maximum atomic E-state index is 13.4. The highest BCUT2D eigenvalue weighted by molar-refractivity contribution is 6.46. The third-order valence-corrected chi connectivity index (χ3v) is 6.50. The lowest BCUT2D eigenvalue weighted by atomic mass is 9.94. The molecule has 7 nitrogen and oxygen atoms in total. The summed E-state index contributed by atoms with van der Waals surface area (Å²) in [4.78, 5) is 28.2. The second-order valence-corrected chi connectivity index (χ2v) is 9.09. The first-order valence-electron chi connectivity index (χ1n) is 11.5. The number of ketones is 1. The van der Waals surface area contributed by atoms with Gasteiger partial charge in [0.15, 0.2) is 0 Å². The highest BCUT2D eigenvalue weighted by atomic mass is 35.5. The molecule has 1 N–H and O–H groups in total. The molecule has 1 aliphatic heterocycles. The Hall–Kier alpha value is -3.68. The number of benzene rings is 3. The lowest BCUT2D eigenvalue weighted by molar-refractivity contribution is -0.140. The van der Waals surface area contributed by atoms with Crippen LogP contribution < -0.4 is 14.2 Å². The van der Waals surface area contributed by atoms with Crippen LogP contribution in [0.3, 0.4) is 0 Å². The van der Waals surface area contributed by atoms with E-state index >= 15 is 0 Å². The molecule has 0 saturated carbocycles. The number of rotatable bonds is 8. The van der Waals surface area contributed by atoms with Gasteiger partial charge >= 0.3 is 0 Å². The molecule has 1 amide bonds. The van der Waals surface area contributed by atoms with Crippen LogP contribution in [0.15, 0.2) is 66.2 Å². The number of hydrogen-bond donors (Lipinski definition) is 1. The van der Waals surface area contributed by atoms with Crippen LogP contribution >= 0.6 is 23.2 Å². The second kappa shape index (κ2) is 11.2. The molecule has 9 heteroatoms. The summed E-state index contributed by atoms with van der Waals surface area (Å²) in [7, 11) is 2.95. The lowest BCUT2D eigenvalue weighted by Gasteiger charge is -2.26. The molecule has 0 radical (unpaired) electrons. The van der Waals surface area contributed by atoms with Crippen molar-refractivity contribution in [3.63, 3.8) is 0 Å². The van der Waals surface area contributed by atoms with E-state index in [4.69, 9.17) is 37.4 Å². The Labute approximate surface area is 224 Å². The van der Waals surface area contributed by atoms with Crippen molar-refractivity contribution in [3.05, 3.63) is 93.0 Å². The molecule has 4 rings (SSSR count). The van der Waals surface area contributed by atoms with Crippen LogP contribution in [0.1, 0.15) is 29.7 Å². The maximum Gasteiger partial charge on any atom is 0.295 e. The predicted molar refractivity (Wildman–Crippen MR) is 141 cm³/mol. The smallest absolute Gasteiger partial charge is 0.295 e. The third-order valence-electron chi connectivity index (χ3n) is 6.00. The minimum absolute atomic E-state index is 0.105. The van der Waals surface area contributed by atoms with Gasteiger partial charge in [-0.2, -0.15) is 0 Å². The van der Waals surface area contributed by atoms with Crippen molar-refractivity contribution < 1.29 is 28.9 Å². The van der Waals surface area contributed by atoms with E-state index in [-0.39, 0.29) is 33.5 Å². The number of likely N-dealkylation sites (tertiary alicyclic amines) is 1. The molecule has 37 heavy (non-hydrogen) atoms. The first-order valence-corrected chi connectivity index (χ1v) is 12.2. The minimum Gasteiger partial charge on any atom is -0.507 e. The summed E-state index contributed by atoms with van der Waals surface area (Å²) in [5.74, 6) is -0.669. The van der Waals surface area contributed by atoms with Gasteiger partial charge in [-0.3, -0.25) is 9.59 Å². The Morgan fingerprint density at radius 3 is 2.35 bits per heavy atom. The largest absolute Gasteiger partial charge is 0.507 e. The fourth-order valence-electron chi connectivity index (χ4n) is 4.35. The molecule has 3 aromatic rings. The van der Waals surface area contributed by atoms with E-state index in [2.05, 4.69) is 0 Å². The van der Waals surface area contributed by atoms with Gasteiger partial charge in [0.1, 0.15) is 23.0 Å². The van der Waals surface area contributed by atoms with Gasteiger partial charge in [0.05, 0.1) is 43.0 Å². The number of methoxy groups -OCH3 is 2. The average molecular weight is 542 g/mol. The summed E-state index contributed by atoms with van der Waals surface area (Å²) in [5.41, 5.74) is 1.36. The zero-order valence-electron chi connectivity index (χ0n) is 20.5. The molecule has 3 aromatic carbocycles. The molecule has 0 aromatic heterocycles. The summed E-state index contributed by atoms with van der Waals surface area (Å²) in [6.45, 7) is 2.41. The SMILES string of the molecule is CCOc1cccc(C2/C(=C(\O)c3cc(Cl)cc(Cl)c3OC)C(=O)C(=O)N2Cc2ccc(OC)cc2)c1. The lowest BCUT2D eigenvalue weighted by Crippen LogP contribution is -2.29. The number of amides is 1. The average Bonchev–Trinajstić information content (AvgIpc) is 3.13. The van der Waals surface area contributed by atoms with Gasteiger partial charge in [0, 0.05) is 11.6 Å². The van der Waals surface area contributed by atoms with E-state index in [0.29, 0.717) is 23.7 Å². The molecule has 192 valence electrons. The van der Waals surface area contributed by atoms with Gasteiger partial charge in [-0.1, -0.05) is 47.5 Å². The van der Waals surface area contributed by atoms with Crippen molar-refractivity contribution in [2.75, 3.05) is 20.8 Å². The molecule has 0 spiro atoms. The Morgan fingerprint density at radius 1 is 0.973 bits per heavy atom. The monoisotopic (exact) mass is 541 g/mol. The number of hydrogen-bond acceptors (Lipinski definition) is 6. The van der Waals surface area contributed by atoms with E-state index < -0.39 is 23.5 Å². The molecule has 1 unspecified atom stereocenters. The Balaban J connectivity index is 1.91. The van der Waals surface area contributed by atoms with Crippen LogP contribution in [-0.2, 0) is 16.1 Å². The van der Waals surface area contributed by atoms with Crippen LogP contribution in [0.2, 0.25) is 10.0 Å². The van der Waals surface area contributed by atoms with Gasteiger partial charge in [-0.25, -0.2) is 0 Å². The highest BCUT2D eigenvalue weighted by Crippen LogP contribution is 2.44.